The molecule has 1 aliphatic heterocycles. The Hall–Kier alpha value is -3.40. The highest BCUT2D eigenvalue weighted by Crippen LogP contribution is 2.42. The molecule has 0 fully saturated rings. The van der Waals surface area contributed by atoms with Crippen molar-refractivity contribution in [3.8, 4) is 11.5 Å². The zero-order chi connectivity index (χ0) is 24.2. The van der Waals surface area contributed by atoms with Gasteiger partial charge in [-0.1, -0.05) is 17.8 Å². The maximum Gasteiger partial charge on any atom is 0.416 e. The van der Waals surface area contributed by atoms with Crippen LogP contribution in [0.25, 0.3) is 6.08 Å². The Bertz CT molecular complexity index is 1160. The third-order valence-corrected chi connectivity index (χ3v) is 5.52. The van der Waals surface area contributed by atoms with Gasteiger partial charge in [0.05, 0.1) is 37.0 Å². The maximum absolute atomic E-state index is 13.1. The highest BCUT2D eigenvalue weighted by Gasteiger charge is 2.34. The number of nitrogens with zero attached hydrogens (tertiary/aromatic N) is 1. The van der Waals surface area contributed by atoms with Crippen LogP contribution in [0.5, 0.6) is 11.5 Å². The fraction of sp³-hybridized carbons (Fsp3) is 0.217. The number of esters is 1. The molecule has 1 aliphatic rings. The molecule has 10 heteroatoms. The third-order valence-electron chi connectivity index (χ3n) is 4.50. The predicted molar refractivity (Wildman–Crippen MR) is 120 cm³/mol. The number of aliphatic hydroxyl groups excluding tert-OH is 1. The summed E-state index contributed by atoms with van der Waals surface area (Å²) in [4.78, 5) is 17.0. The second kappa shape index (κ2) is 10.0. The summed E-state index contributed by atoms with van der Waals surface area (Å²) < 4.78 is 54.8. The van der Waals surface area contributed by atoms with Crippen LogP contribution in [0, 0.1) is 0 Å². The van der Waals surface area contributed by atoms with Gasteiger partial charge in [0.25, 0.3) is 0 Å². The molecule has 6 nitrogen and oxygen atoms in total. The lowest BCUT2D eigenvalue weighted by Crippen LogP contribution is -2.13. The van der Waals surface area contributed by atoms with E-state index < -0.39 is 17.7 Å². The van der Waals surface area contributed by atoms with Crippen LogP contribution in [0.1, 0.15) is 18.1 Å². The largest absolute Gasteiger partial charge is 0.506 e. The number of aliphatic imine (C=N–C) groups is 1. The number of ether oxygens (including phenoxy) is 3. The number of rotatable bonds is 6. The van der Waals surface area contributed by atoms with Crippen LogP contribution in [-0.4, -0.2) is 36.9 Å². The lowest BCUT2D eigenvalue weighted by Gasteiger charge is -2.08. The Morgan fingerprint density at radius 1 is 1.15 bits per heavy atom. The predicted octanol–water partition coefficient (Wildman–Crippen LogP) is 5.92. The van der Waals surface area contributed by atoms with E-state index in [-0.39, 0.29) is 33.6 Å². The van der Waals surface area contributed by atoms with E-state index in [2.05, 4.69) is 4.99 Å². The van der Waals surface area contributed by atoms with Gasteiger partial charge in [0.1, 0.15) is 27.9 Å². The number of hydrogen-bond donors (Lipinski definition) is 1. The zero-order valence-electron chi connectivity index (χ0n) is 17.9. The molecule has 0 amide bonds. The van der Waals surface area contributed by atoms with E-state index in [4.69, 9.17) is 14.2 Å². The van der Waals surface area contributed by atoms with Crippen LogP contribution >= 0.6 is 11.8 Å². The molecule has 0 aliphatic carbocycles. The molecule has 1 heterocycles. The minimum absolute atomic E-state index is 0.0176. The fourth-order valence-corrected chi connectivity index (χ4v) is 3.97. The summed E-state index contributed by atoms with van der Waals surface area (Å²) in [5, 5.41) is 10.8. The molecule has 174 valence electrons. The number of halogens is 3. The van der Waals surface area contributed by atoms with Gasteiger partial charge in [0, 0.05) is 11.6 Å². The van der Waals surface area contributed by atoms with E-state index in [0.29, 0.717) is 17.1 Å². The molecular weight excluding hydrogens is 459 g/mol. The topological polar surface area (TPSA) is 77.4 Å². The first-order valence-corrected chi connectivity index (χ1v) is 10.5. The molecule has 33 heavy (non-hydrogen) atoms. The molecule has 0 atom stereocenters. The van der Waals surface area contributed by atoms with Crippen molar-refractivity contribution in [2.24, 2.45) is 4.99 Å². The standard InChI is InChI=1S/C23H20F3NO5S/c1-4-32-22(29)19-20(28)18(10-13-8-9-16(30-2)12-17(13)31-3)33-21(19)27-15-7-5-6-14(11-15)23(24,25)26/h5-12,28H,4H2,1-3H3/b18-10+,27-21?. The summed E-state index contributed by atoms with van der Waals surface area (Å²) in [7, 11) is 2.98. The number of alkyl halides is 3. The highest BCUT2D eigenvalue weighted by atomic mass is 32.2. The molecule has 0 saturated carbocycles. The van der Waals surface area contributed by atoms with E-state index in [1.165, 1.54) is 26.4 Å². The second-order valence-electron chi connectivity index (χ2n) is 6.63. The number of carbonyl (C=O) groups is 1. The molecule has 2 aromatic rings. The summed E-state index contributed by atoms with van der Waals surface area (Å²) >= 11 is 0.931. The average Bonchev–Trinajstić information content (AvgIpc) is 3.08. The first kappa shape index (κ1) is 24.2. The van der Waals surface area contributed by atoms with Crippen molar-refractivity contribution < 1.29 is 37.3 Å². The summed E-state index contributed by atoms with van der Waals surface area (Å²) in [6, 6.07) is 9.42. The molecule has 0 radical (unpaired) electrons. The molecule has 3 rings (SSSR count). The minimum Gasteiger partial charge on any atom is -0.506 e. The third kappa shape index (κ3) is 5.51. The van der Waals surface area contributed by atoms with Crippen LogP contribution in [0.3, 0.4) is 0 Å². The molecule has 0 bridgehead atoms. The van der Waals surface area contributed by atoms with E-state index in [9.17, 15) is 23.1 Å². The summed E-state index contributed by atoms with van der Waals surface area (Å²) in [6.45, 7) is 1.64. The Labute approximate surface area is 192 Å². The Morgan fingerprint density at radius 2 is 1.91 bits per heavy atom. The molecule has 1 N–H and O–H groups in total. The van der Waals surface area contributed by atoms with Gasteiger partial charge < -0.3 is 19.3 Å². The molecule has 0 saturated heterocycles. The Kier molecular flexibility index (Phi) is 7.37. The van der Waals surface area contributed by atoms with E-state index >= 15 is 0 Å². The molecule has 0 unspecified atom stereocenters. The van der Waals surface area contributed by atoms with Gasteiger partial charge in [-0.05, 0) is 43.3 Å². The zero-order valence-corrected chi connectivity index (χ0v) is 18.7. The van der Waals surface area contributed by atoms with Gasteiger partial charge in [-0.2, -0.15) is 13.2 Å². The minimum atomic E-state index is -4.54. The quantitative estimate of drug-likeness (QED) is 0.519. The SMILES string of the molecule is CCOC(=O)C1=C(O)/C(=C\c2ccc(OC)cc2OC)SC1=Nc1cccc(C(F)(F)F)c1. The van der Waals surface area contributed by atoms with Crippen LogP contribution < -0.4 is 9.47 Å². The molecule has 0 aromatic heterocycles. The lowest BCUT2D eigenvalue weighted by molar-refractivity contribution is -0.138. The summed E-state index contributed by atoms with van der Waals surface area (Å²) in [6.07, 6.45) is -2.97. The monoisotopic (exact) mass is 479 g/mol. The first-order valence-electron chi connectivity index (χ1n) is 9.66. The number of aliphatic hydroxyl groups is 1. The van der Waals surface area contributed by atoms with Gasteiger partial charge in [-0.3, -0.25) is 0 Å². The van der Waals surface area contributed by atoms with Crippen molar-refractivity contribution in [1.29, 1.82) is 0 Å². The van der Waals surface area contributed by atoms with E-state index in [1.807, 2.05) is 0 Å². The van der Waals surface area contributed by atoms with Crippen molar-refractivity contribution in [3.05, 3.63) is 69.8 Å². The normalized spacial score (nSPS) is 16.4. The number of thioether (sulfide) groups is 1. The van der Waals surface area contributed by atoms with Crippen molar-refractivity contribution in [1.82, 2.24) is 0 Å². The Balaban J connectivity index is 2.08. The summed E-state index contributed by atoms with van der Waals surface area (Å²) in [5.74, 6) is -0.205. The van der Waals surface area contributed by atoms with Crippen LogP contribution in [-0.2, 0) is 15.7 Å². The second-order valence-corrected chi connectivity index (χ2v) is 7.66. The smallest absolute Gasteiger partial charge is 0.416 e. The maximum atomic E-state index is 13.1. The molecule has 2 aromatic carbocycles. The van der Waals surface area contributed by atoms with Gasteiger partial charge in [0.15, 0.2) is 0 Å². The van der Waals surface area contributed by atoms with Crippen molar-refractivity contribution in [2.75, 3.05) is 20.8 Å². The van der Waals surface area contributed by atoms with Crippen molar-refractivity contribution in [2.45, 2.75) is 13.1 Å². The van der Waals surface area contributed by atoms with Crippen LogP contribution in [0.4, 0.5) is 18.9 Å². The lowest BCUT2D eigenvalue weighted by atomic mass is 10.1. The summed E-state index contributed by atoms with van der Waals surface area (Å²) in [5.41, 5.74) is -0.545. The molecular formula is C23H20F3NO5S. The first-order chi connectivity index (χ1) is 15.7. The number of carbonyl (C=O) groups excluding carboxylic acids is 1. The van der Waals surface area contributed by atoms with Gasteiger partial charge in [0.2, 0.25) is 0 Å². The average molecular weight is 479 g/mol. The van der Waals surface area contributed by atoms with Crippen LogP contribution in [0.15, 0.2) is 63.7 Å². The number of hydrogen-bond acceptors (Lipinski definition) is 7. The Morgan fingerprint density at radius 3 is 2.55 bits per heavy atom. The van der Waals surface area contributed by atoms with E-state index in [1.54, 1.807) is 31.2 Å². The van der Waals surface area contributed by atoms with E-state index in [0.717, 1.165) is 23.9 Å². The highest BCUT2D eigenvalue weighted by molar-refractivity contribution is 8.18. The fourth-order valence-electron chi connectivity index (χ4n) is 2.94. The molecule has 0 spiro atoms. The van der Waals surface area contributed by atoms with Gasteiger partial charge >= 0.3 is 12.1 Å². The van der Waals surface area contributed by atoms with Crippen molar-refractivity contribution >= 4 is 34.5 Å². The van der Waals surface area contributed by atoms with Gasteiger partial charge in [-0.25, -0.2) is 9.79 Å². The number of benzene rings is 2. The van der Waals surface area contributed by atoms with Crippen LogP contribution in [0.2, 0.25) is 0 Å². The van der Waals surface area contributed by atoms with Crippen molar-refractivity contribution in [3.63, 3.8) is 0 Å². The number of methoxy groups -OCH3 is 2. The van der Waals surface area contributed by atoms with Gasteiger partial charge in [-0.15, -0.1) is 0 Å².